The van der Waals surface area contributed by atoms with Crippen LogP contribution in [0.4, 0.5) is 0 Å². The number of ether oxygens (including phenoxy) is 4. The molecule has 11 heteroatoms. The van der Waals surface area contributed by atoms with E-state index in [2.05, 4.69) is 50.3 Å². The zero-order valence-electron chi connectivity index (χ0n) is 38.4. The summed E-state index contributed by atoms with van der Waals surface area (Å²) in [6.45, 7) is 3.80. The van der Waals surface area contributed by atoms with Gasteiger partial charge in [-0.3, -0.25) is 9.59 Å². The van der Waals surface area contributed by atoms with Gasteiger partial charge in [0.25, 0.3) is 0 Å². The number of aliphatic hydroxyl groups is 3. The van der Waals surface area contributed by atoms with Crippen LogP contribution in [-0.2, 0) is 33.3 Å². The molecule has 1 aliphatic heterocycles. The van der Waals surface area contributed by atoms with Crippen molar-refractivity contribution in [3.05, 3.63) is 36.5 Å². The second-order valence-corrected chi connectivity index (χ2v) is 16.9. The van der Waals surface area contributed by atoms with Crippen molar-refractivity contribution in [2.24, 2.45) is 0 Å². The van der Waals surface area contributed by atoms with Gasteiger partial charge in [-0.15, -0.1) is 0 Å². The van der Waals surface area contributed by atoms with Crippen LogP contribution in [0.2, 0.25) is 0 Å². The Morgan fingerprint density at radius 2 is 0.918 bits per heavy atom. The molecule has 0 spiro atoms. The predicted molar refractivity (Wildman–Crippen MR) is 243 cm³/mol. The molecular weight excluding hydrogens is 777 g/mol. The molecule has 1 fully saturated rings. The van der Waals surface area contributed by atoms with Crippen molar-refractivity contribution in [2.75, 3.05) is 13.2 Å². The van der Waals surface area contributed by atoms with Gasteiger partial charge in [0.15, 0.2) is 18.5 Å². The van der Waals surface area contributed by atoms with Crippen LogP contribution in [0.1, 0.15) is 213 Å². The van der Waals surface area contributed by atoms with E-state index < -0.39 is 61.3 Å². The molecule has 1 rings (SSSR count). The number of rotatable bonds is 41. The number of aliphatic hydroxyl groups excluding tert-OH is 3. The van der Waals surface area contributed by atoms with E-state index >= 15 is 0 Å². The summed E-state index contributed by atoms with van der Waals surface area (Å²) in [5.41, 5.74) is 0. The first-order chi connectivity index (χ1) is 29.7. The molecule has 0 aromatic heterocycles. The van der Waals surface area contributed by atoms with E-state index in [0.717, 1.165) is 57.8 Å². The first-order valence-electron chi connectivity index (χ1n) is 24.5. The number of esters is 2. The molecule has 1 saturated heterocycles. The highest BCUT2D eigenvalue weighted by molar-refractivity contribution is 5.73. The summed E-state index contributed by atoms with van der Waals surface area (Å²) in [5.74, 6) is -2.45. The molecule has 11 nitrogen and oxygen atoms in total. The third-order valence-electron chi connectivity index (χ3n) is 11.2. The molecule has 1 heterocycles. The lowest BCUT2D eigenvalue weighted by Gasteiger charge is -2.38. The van der Waals surface area contributed by atoms with E-state index in [1.165, 1.54) is 116 Å². The molecule has 1 aliphatic rings. The summed E-state index contributed by atoms with van der Waals surface area (Å²) in [6.07, 6.45) is 37.6. The molecule has 6 atom stereocenters. The van der Waals surface area contributed by atoms with E-state index in [4.69, 9.17) is 18.9 Å². The summed E-state index contributed by atoms with van der Waals surface area (Å²) >= 11 is 0. The first-order valence-corrected chi connectivity index (χ1v) is 24.5. The fourth-order valence-corrected chi connectivity index (χ4v) is 7.32. The van der Waals surface area contributed by atoms with Gasteiger partial charge in [-0.2, -0.15) is 0 Å². The van der Waals surface area contributed by atoms with Crippen LogP contribution < -0.4 is 0 Å². The molecule has 0 saturated carbocycles. The van der Waals surface area contributed by atoms with Crippen LogP contribution in [0, 0.1) is 0 Å². The Hall–Kier alpha value is -2.57. The van der Waals surface area contributed by atoms with Gasteiger partial charge >= 0.3 is 17.9 Å². The Labute approximate surface area is 370 Å². The summed E-state index contributed by atoms with van der Waals surface area (Å²) in [5, 5.41) is 39.9. The standard InChI is InChI=1S/C50H88O11/c1-3-5-7-9-11-13-15-17-19-21-23-24-26-28-30-32-34-36-38-43(51)58-40-42(41-59-50-47(55)45(53)46(54)48(61-50)49(56)57)60-44(52)39-37-35-33-31-29-27-25-22-20-18-16-14-12-10-8-6-4-2/h13,15,18-21,42,45-48,50,53-55H,3-12,14,16-17,22-41H2,1-2H3,(H,56,57)/b15-13-,20-18-,21-19-. The van der Waals surface area contributed by atoms with Gasteiger partial charge in [0.05, 0.1) is 6.61 Å². The summed E-state index contributed by atoms with van der Waals surface area (Å²) in [7, 11) is 0. The molecule has 6 unspecified atom stereocenters. The fourth-order valence-electron chi connectivity index (χ4n) is 7.32. The molecule has 354 valence electrons. The van der Waals surface area contributed by atoms with Crippen molar-refractivity contribution in [2.45, 2.75) is 250 Å². The minimum absolute atomic E-state index is 0.177. The average Bonchev–Trinajstić information content (AvgIpc) is 3.24. The number of carbonyl (C=O) groups is 3. The Morgan fingerprint density at radius 1 is 0.508 bits per heavy atom. The van der Waals surface area contributed by atoms with Gasteiger partial charge < -0.3 is 39.4 Å². The number of carboxylic acid groups (broad SMARTS) is 1. The number of carbonyl (C=O) groups excluding carboxylic acids is 2. The smallest absolute Gasteiger partial charge is 0.335 e. The minimum Gasteiger partial charge on any atom is -0.479 e. The highest BCUT2D eigenvalue weighted by Crippen LogP contribution is 2.23. The Kier molecular flexibility index (Phi) is 37.2. The summed E-state index contributed by atoms with van der Waals surface area (Å²) < 4.78 is 21.8. The Morgan fingerprint density at radius 3 is 1.39 bits per heavy atom. The van der Waals surface area contributed by atoms with Gasteiger partial charge in [0, 0.05) is 12.8 Å². The van der Waals surface area contributed by atoms with Crippen LogP contribution >= 0.6 is 0 Å². The van der Waals surface area contributed by atoms with Crippen LogP contribution in [0.15, 0.2) is 36.5 Å². The highest BCUT2D eigenvalue weighted by atomic mass is 16.7. The Bertz CT molecular complexity index is 1150. The van der Waals surface area contributed by atoms with Gasteiger partial charge in [0.2, 0.25) is 0 Å². The van der Waals surface area contributed by atoms with Crippen LogP contribution in [0.3, 0.4) is 0 Å². The lowest BCUT2D eigenvalue weighted by molar-refractivity contribution is -0.298. The van der Waals surface area contributed by atoms with E-state index in [-0.39, 0.29) is 19.4 Å². The van der Waals surface area contributed by atoms with Crippen LogP contribution in [0.5, 0.6) is 0 Å². The lowest BCUT2D eigenvalue weighted by atomic mass is 9.99. The third-order valence-corrected chi connectivity index (χ3v) is 11.2. The monoisotopic (exact) mass is 865 g/mol. The predicted octanol–water partition coefficient (Wildman–Crippen LogP) is 11.2. The van der Waals surface area contributed by atoms with Gasteiger partial charge in [-0.1, -0.05) is 166 Å². The van der Waals surface area contributed by atoms with Crippen LogP contribution in [-0.4, -0.2) is 88.4 Å². The maximum atomic E-state index is 12.8. The molecule has 0 amide bonds. The SMILES string of the molecule is CCCCCC/C=C\C/C=C\CCCCCCCCCC(=O)OCC(COC1OC(C(=O)O)C(O)C(O)C1O)OC(=O)CCCCCCCCC/C=C\CCCCCCCC. The summed E-state index contributed by atoms with van der Waals surface area (Å²) in [6, 6.07) is 0. The molecule has 0 aromatic carbocycles. The van der Waals surface area contributed by atoms with Gasteiger partial charge in [-0.05, 0) is 70.6 Å². The van der Waals surface area contributed by atoms with E-state index in [1.54, 1.807) is 0 Å². The largest absolute Gasteiger partial charge is 0.479 e. The topological polar surface area (TPSA) is 169 Å². The zero-order chi connectivity index (χ0) is 44.6. The van der Waals surface area contributed by atoms with Crippen molar-refractivity contribution >= 4 is 17.9 Å². The van der Waals surface area contributed by atoms with Crippen molar-refractivity contribution < 1.29 is 53.8 Å². The number of allylic oxidation sites excluding steroid dienone is 6. The lowest BCUT2D eigenvalue weighted by Crippen LogP contribution is -2.60. The van der Waals surface area contributed by atoms with E-state index in [1.807, 2.05) is 0 Å². The maximum Gasteiger partial charge on any atom is 0.335 e. The molecule has 0 radical (unpaired) electrons. The molecule has 61 heavy (non-hydrogen) atoms. The second kappa shape index (κ2) is 40.2. The van der Waals surface area contributed by atoms with Gasteiger partial charge in [0.1, 0.15) is 24.9 Å². The highest BCUT2D eigenvalue weighted by Gasteiger charge is 2.47. The van der Waals surface area contributed by atoms with Crippen molar-refractivity contribution in [3.63, 3.8) is 0 Å². The van der Waals surface area contributed by atoms with Crippen LogP contribution in [0.25, 0.3) is 0 Å². The second-order valence-electron chi connectivity index (χ2n) is 16.9. The normalized spacial score (nSPS) is 19.9. The molecular formula is C50H88O11. The maximum absolute atomic E-state index is 12.8. The summed E-state index contributed by atoms with van der Waals surface area (Å²) in [4.78, 5) is 36.9. The van der Waals surface area contributed by atoms with Crippen molar-refractivity contribution in [3.8, 4) is 0 Å². The molecule has 0 aliphatic carbocycles. The molecule has 4 N–H and O–H groups in total. The third kappa shape index (κ3) is 31.9. The van der Waals surface area contributed by atoms with Crippen molar-refractivity contribution in [1.29, 1.82) is 0 Å². The fraction of sp³-hybridized carbons (Fsp3) is 0.820. The number of unbranched alkanes of at least 4 members (excludes halogenated alkanes) is 24. The van der Waals surface area contributed by atoms with E-state index in [9.17, 15) is 34.8 Å². The number of hydrogen-bond acceptors (Lipinski definition) is 10. The number of hydrogen-bond donors (Lipinski definition) is 4. The quantitative estimate of drug-likeness (QED) is 0.0262. The van der Waals surface area contributed by atoms with E-state index in [0.29, 0.717) is 12.8 Å². The molecule has 0 bridgehead atoms. The van der Waals surface area contributed by atoms with Crippen molar-refractivity contribution in [1.82, 2.24) is 0 Å². The average molecular weight is 865 g/mol. The number of carboxylic acids is 1. The Balaban J connectivity index is 2.34. The molecule has 0 aromatic rings. The minimum atomic E-state index is -1.86. The number of aliphatic carboxylic acids is 1. The van der Waals surface area contributed by atoms with Gasteiger partial charge in [-0.25, -0.2) is 4.79 Å². The first kappa shape index (κ1) is 56.4. The zero-order valence-corrected chi connectivity index (χ0v) is 38.4.